The van der Waals surface area contributed by atoms with Crippen LogP contribution in [0.3, 0.4) is 0 Å². The van der Waals surface area contributed by atoms with Gasteiger partial charge in [-0.15, -0.1) is 11.8 Å². The molecule has 152 valence electrons. The first-order chi connectivity index (χ1) is 14.0. The quantitative estimate of drug-likeness (QED) is 0.558. The summed E-state index contributed by atoms with van der Waals surface area (Å²) in [5.41, 5.74) is 1.98. The minimum atomic E-state index is -0.404. The number of benzene rings is 2. The predicted molar refractivity (Wildman–Crippen MR) is 112 cm³/mol. The van der Waals surface area contributed by atoms with E-state index in [2.05, 4.69) is 0 Å². The summed E-state index contributed by atoms with van der Waals surface area (Å²) in [5.74, 6) is -0.447. The van der Waals surface area contributed by atoms with E-state index in [4.69, 9.17) is 4.74 Å². The first kappa shape index (κ1) is 20.9. The summed E-state index contributed by atoms with van der Waals surface area (Å²) in [6, 6.07) is 14.6. The van der Waals surface area contributed by atoms with Crippen LogP contribution in [-0.2, 0) is 16.1 Å². The van der Waals surface area contributed by atoms with Crippen LogP contribution >= 0.6 is 11.8 Å². The molecule has 0 aliphatic carbocycles. The Bertz CT molecular complexity index is 915. The second-order valence-electron chi connectivity index (χ2n) is 6.75. The maximum Gasteiger partial charge on any atom is 0.337 e. The maximum absolute atomic E-state index is 13.0. The fourth-order valence-electron chi connectivity index (χ4n) is 3.36. The van der Waals surface area contributed by atoms with Gasteiger partial charge in [0, 0.05) is 37.5 Å². The Morgan fingerprint density at radius 2 is 1.86 bits per heavy atom. The molecule has 1 heterocycles. The lowest BCUT2D eigenvalue weighted by Crippen LogP contribution is -2.35. The number of carbonyl (C=O) groups is 3. The van der Waals surface area contributed by atoms with Gasteiger partial charge in [0.15, 0.2) is 0 Å². The highest BCUT2D eigenvalue weighted by Gasteiger charge is 2.25. The van der Waals surface area contributed by atoms with E-state index >= 15 is 0 Å². The summed E-state index contributed by atoms with van der Waals surface area (Å²) in [6.07, 6.45) is 2.23. The highest BCUT2D eigenvalue weighted by Crippen LogP contribution is 2.22. The molecule has 3 rings (SSSR count). The maximum atomic E-state index is 13.0. The molecule has 2 aromatic rings. The second kappa shape index (κ2) is 9.60. The molecule has 0 spiro atoms. The molecular weight excluding hydrogens is 388 g/mol. The predicted octanol–water partition coefficient (Wildman–Crippen LogP) is 3.07. The smallest absolute Gasteiger partial charge is 0.337 e. The van der Waals surface area contributed by atoms with Gasteiger partial charge in [0.1, 0.15) is 0 Å². The van der Waals surface area contributed by atoms with E-state index in [1.807, 2.05) is 36.6 Å². The molecule has 29 heavy (non-hydrogen) atoms. The van der Waals surface area contributed by atoms with Crippen LogP contribution in [0.1, 0.15) is 32.7 Å². The van der Waals surface area contributed by atoms with Crippen molar-refractivity contribution >= 4 is 29.5 Å². The zero-order valence-corrected chi connectivity index (χ0v) is 17.4. The number of esters is 1. The zero-order chi connectivity index (χ0) is 20.8. The van der Waals surface area contributed by atoms with Crippen molar-refractivity contribution in [2.45, 2.75) is 17.9 Å². The summed E-state index contributed by atoms with van der Waals surface area (Å²) < 4.78 is 4.76. The molecule has 2 aromatic carbocycles. The van der Waals surface area contributed by atoms with E-state index in [0.717, 1.165) is 10.5 Å². The van der Waals surface area contributed by atoms with Crippen LogP contribution in [0.15, 0.2) is 53.4 Å². The molecule has 0 saturated carbocycles. The van der Waals surface area contributed by atoms with Gasteiger partial charge in [-0.1, -0.05) is 24.3 Å². The molecule has 0 bridgehead atoms. The summed E-state index contributed by atoms with van der Waals surface area (Å²) in [7, 11) is 1.34. The summed E-state index contributed by atoms with van der Waals surface area (Å²) in [4.78, 5) is 41.8. The number of amides is 2. The van der Waals surface area contributed by atoms with E-state index in [1.165, 1.54) is 18.9 Å². The van der Waals surface area contributed by atoms with Crippen molar-refractivity contribution in [2.24, 2.45) is 0 Å². The lowest BCUT2D eigenvalue weighted by molar-refractivity contribution is -0.130. The molecule has 1 saturated heterocycles. The summed E-state index contributed by atoms with van der Waals surface area (Å²) >= 11 is 1.54. The van der Waals surface area contributed by atoms with Crippen molar-refractivity contribution in [3.8, 4) is 0 Å². The largest absolute Gasteiger partial charge is 0.465 e. The van der Waals surface area contributed by atoms with E-state index in [0.29, 0.717) is 37.3 Å². The van der Waals surface area contributed by atoms with Gasteiger partial charge in [0.2, 0.25) is 5.91 Å². The van der Waals surface area contributed by atoms with Crippen molar-refractivity contribution in [2.75, 3.05) is 33.0 Å². The molecule has 0 unspecified atom stereocenters. The van der Waals surface area contributed by atoms with Crippen LogP contribution in [0.2, 0.25) is 0 Å². The summed E-state index contributed by atoms with van der Waals surface area (Å²) in [6.45, 7) is 1.73. The third-order valence-corrected chi connectivity index (χ3v) is 5.73. The van der Waals surface area contributed by atoms with Gasteiger partial charge < -0.3 is 14.5 Å². The first-order valence-electron chi connectivity index (χ1n) is 9.41. The first-order valence-corrected chi connectivity index (χ1v) is 10.6. The lowest BCUT2D eigenvalue weighted by Gasteiger charge is -2.23. The van der Waals surface area contributed by atoms with E-state index in [-0.39, 0.29) is 18.2 Å². The number of ether oxygens (including phenoxy) is 1. The molecule has 2 amide bonds. The van der Waals surface area contributed by atoms with Gasteiger partial charge in [0.25, 0.3) is 5.91 Å². The van der Waals surface area contributed by atoms with Crippen LogP contribution < -0.4 is 0 Å². The molecule has 0 N–H and O–H groups in total. The molecule has 6 nitrogen and oxygen atoms in total. The van der Waals surface area contributed by atoms with E-state index < -0.39 is 5.97 Å². The average Bonchev–Trinajstić information content (AvgIpc) is 2.94. The number of rotatable bonds is 5. The fraction of sp³-hybridized carbons (Fsp3) is 0.318. The third-order valence-electron chi connectivity index (χ3n) is 4.93. The minimum absolute atomic E-state index is 0.00178. The van der Waals surface area contributed by atoms with Gasteiger partial charge in [-0.25, -0.2) is 4.79 Å². The third kappa shape index (κ3) is 4.98. The van der Waals surface area contributed by atoms with Crippen LogP contribution in [0.25, 0.3) is 0 Å². The molecule has 1 aliphatic heterocycles. The summed E-state index contributed by atoms with van der Waals surface area (Å²) in [5, 5.41) is 0. The van der Waals surface area contributed by atoms with E-state index in [1.54, 1.807) is 28.0 Å². The standard InChI is InChI=1S/C22H24N2O4S/c1-28-22(27)17-7-5-6-16(14-17)15-24-13-12-23(11-10-20(24)25)21(26)18-8-3-4-9-19(18)29-2/h3-9,14H,10-13,15H2,1-2H3. The SMILES string of the molecule is COC(=O)c1cccc(CN2CCN(C(=O)c3ccccc3SC)CCC2=O)c1. The second-order valence-corrected chi connectivity index (χ2v) is 7.60. The van der Waals surface area contributed by atoms with Crippen molar-refractivity contribution in [3.63, 3.8) is 0 Å². The zero-order valence-electron chi connectivity index (χ0n) is 16.6. The topological polar surface area (TPSA) is 66.9 Å². The lowest BCUT2D eigenvalue weighted by atomic mass is 10.1. The Morgan fingerprint density at radius 3 is 2.62 bits per heavy atom. The Hall–Kier alpha value is -2.80. The normalized spacial score (nSPS) is 14.5. The molecular formula is C22H24N2O4S. The van der Waals surface area contributed by atoms with Gasteiger partial charge >= 0.3 is 5.97 Å². The van der Waals surface area contributed by atoms with Crippen LogP contribution in [0, 0.1) is 0 Å². The number of carbonyl (C=O) groups excluding carboxylic acids is 3. The molecule has 0 aromatic heterocycles. The monoisotopic (exact) mass is 412 g/mol. The fourth-order valence-corrected chi connectivity index (χ4v) is 3.95. The Labute approximate surface area is 174 Å². The highest BCUT2D eigenvalue weighted by atomic mass is 32.2. The molecule has 7 heteroatoms. The van der Waals surface area contributed by atoms with Gasteiger partial charge in [-0.05, 0) is 36.1 Å². The van der Waals surface area contributed by atoms with Gasteiger partial charge in [-0.3, -0.25) is 9.59 Å². The highest BCUT2D eigenvalue weighted by molar-refractivity contribution is 7.98. The van der Waals surface area contributed by atoms with Gasteiger partial charge in [0.05, 0.1) is 18.2 Å². The van der Waals surface area contributed by atoms with Crippen molar-refractivity contribution in [1.29, 1.82) is 0 Å². The van der Waals surface area contributed by atoms with Crippen LogP contribution in [-0.4, -0.2) is 60.6 Å². The van der Waals surface area contributed by atoms with E-state index in [9.17, 15) is 14.4 Å². The molecule has 1 aliphatic rings. The van der Waals surface area contributed by atoms with Crippen molar-refractivity contribution in [1.82, 2.24) is 9.80 Å². The molecule has 1 fully saturated rings. The molecule has 0 atom stereocenters. The number of hydrogen-bond donors (Lipinski definition) is 0. The number of nitrogens with zero attached hydrogens (tertiary/aromatic N) is 2. The number of thioether (sulfide) groups is 1. The number of hydrogen-bond acceptors (Lipinski definition) is 5. The molecule has 0 radical (unpaired) electrons. The number of methoxy groups -OCH3 is 1. The Morgan fingerprint density at radius 1 is 1.07 bits per heavy atom. The van der Waals surface area contributed by atoms with Crippen molar-refractivity contribution in [3.05, 3.63) is 65.2 Å². The average molecular weight is 413 g/mol. The minimum Gasteiger partial charge on any atom is -0.465 e. The Kier molecular flexibility index (Phi) is 6.93. The Balaban J connectivity index is 1.70. The van der Waals surface area contributed by atoms with Crippen molar-refractivity contribution < 1.29 is 19.1 Å². The van der Waals surface area contributed by atoms with Crippen LogP contribution in [0.4, 0.5) is 0 Å². The van der Waals surface area contributed by atoms with Gasteiger partial charge in [-0.2, -0.15) is 0 Å². The van der Waals surface area contributed by atoms with Crippen LogP contribution in [0.5, 0.6) is 0 Å².